The van der Waals surface area contributed by atoms with Crippen LogP contribution in [-0.2, 0) is 30.1 Å². The number of hydrogen-bond acceptors (Lipinski definition) is 14. The molecule has 0 radical (unpaired) electrons. The topological polar surface area (TPSA) is 245 Å². The van der Waals surface area contributed by atoms with Gasteiger partial charge in [-0.15, -0.1) is 10.2 Å². The second kappa shape index (κ2) is 13.2. The molecule has 2 saturated carbocycles. The summed E-state index contributed by atoms with van der Waals surface area (Å²) in [5.41, 5.74) is 0.274. The fourth-order valence-electron chi connectivity index (χ4n) is 5.36. The first-order valence-electron chi connectivity index (χ1n) is 14.4. The van der Waals surface area contributed by atoms with Crippen LogP contribution < -0.4 is 5.32 Å². The Bertz CT molecular complexity index is 1450. The molecule has 0 bridgehead atoms. The zero-order chi connectivity index (χ0) is 30.9. The van der Waals surface area contributed by atoms with Crippen LogP contribution in [-0.4, -0.2) is 116 Å². The molecule has 1 unspecified atom stereocenters. The van der Waals surface area contributed by atoms with Crippen molar-refractivity contribution < 1.29 is 43.5 Å². The Hall–Kier alpha value is -2.38. The van der Waals surface area contributed by atoms with E-state index in [4.69, 9.17) is 30.5 Å². The number of aromatic amines is 1. The van der Waals surface area contributed by atoms with Crippen molar-refractivity contribution >= 4 is 36.0 Å². The van der Waals surface area contributed by atoms with Crippen LogP contribution in [0.1, 0.15) is 50.6 Å². The highest BCUT2D eigenvalue weighted by Gasteiger charge is 2.52. The maximum Gasteiger partial charge on any atom is 0.361 e. The third kappa shape index (κ3) is 6.89. The zero-order valence-corrected chi connectivity index (χ0v) is 25.3. The molecule has 3 fully saturated rings. The maximum absolute atomic E-state index is 12.8. The molecule has 0 spiro atoms. The zero-order valence-electron chi connectivity index (χ0n) is 23.6. The predicted octanol–water partition coefficient (Wildman–Crippen LogP) is 0.500. The highest BCUT2D eigenvalue weighted by atomic mass is 35.5. The number of nitrogens with one attached hydrogen (secondary N) is 2. The van der Waals surface area contributed by atoms with Crippen LogP contribution in [0, 0.1) is 5.92 Å². The lowest BCUT2D eigenvalue weighted by Gasteiger charge is -2.34. The minimum absolute atomic E-state index is 0.0360. The number of fused-ring (bicyclic) bond motifs is 1. The monoisotopic (exact) mass is 659 g/mol. The quantitative estimate of drug-likeness (QED) is 0.0960. The minimum Gasteiger partial charge on any atom is -0.387 e. The molecule has 3 aliphatic rings. The highest BCUT2D eigenvalue weighted by molar-refractivity contribution is 7.53. The largest absolute Gasteiger partial charge is 0.387 e. The smallest absolute Gasteiger partial charge is 0.361 e. The van der Waals surface area contributed by atoms with E-state index in [9.17, 15) is 24.6 Å². The normalized spacial score (nSPS) is 26.0. The summed E-state index contributed by atoms with van der Waals surface area (Å²) in [6.45, 7) is -1.52. The third-order valence-corrected chi connectivity index (χ3v) is 9.69. The van der Waals surface area contributed by atoms with Crippen molar-refractivity contribution in [1.29, 1.82) is 0 Å². The molecule has 2 aliphatic carbocycles. The van der Waals surface area contributed by atoms with Gasteiger partial charge in [0.15, 0.2) is 17.7 Å². The third-order valence-electron chi connectivity index (χ3n) is 8.07. The lowest BCUT2D eigenvalue weighted by atomic mass is 10.1. The summed E-state index contributed by atoms with van der Waals surface area (Å²) in [5.74, 6) is 0.987. The van der Waals surface area contributed by atoms with E-state index >= 15 is 0 Å². The van der Waals surface area contributed by atoms with Crippen LogP contribution in [0.3, 0.4) is 0 Å². The number of nitrogens with zero attached hydrogens (tertiary/aromatic N) is 7. The van der Waals surface area contributed by atoms with Gasteiger partial charge in [0.2, 0.25) is 10.6 Å². The van der Waals surface area contributed by atoms with E-state index in [1.165, 1.54) is 10.9 Å². The van der Waals surface area contributed by atoms with Crippen molar-refractivity contribution in [2.45, 2.75) is 81.1 Å². The lowest BCUT2D eigenvalue weighted by molar-refractivity contribution is -0.139. The van der Waals surface area contributed by atoms with Gasteiger partial charge in [-0.1, -0.05) is 18.1 Å². The number of aliphatic hydroxyl groups excluding tert-OH is 2. The molecule has 6 N–H and O–H groups in total. The van der Waals surface area contributed by atoms with Gasteiger partial charge >= 0.3 is 7.60 Å². The van der Waals surface area contributed by atoms with E-state index in [1.807, 2.05) is 0 Å². The molecule has 1 saturated heterocycles. The molecular formula is C24H35ClN9O9P. The predicted molar refractivity (Wildman–Crippen MR) is 150 cm³/mol. The number of anilines is 1. The van der Waals surface area contributed by atoms with Gasteiger partial charge in [0.1, 0.15) is 30.7 Å². The molecule has 3 aromatic heterocycles. The van der Waals surface area contributed by atoms with Gasteiger partial charge in [0, 0.05) is 12.6 Å². The van der Waals surface area contributed by atoms with E-state index in [1.54, 1.807) is 0 Å². The fraction of sp³-hybridized carbons (Fsp3) is 0.750. The Kier molecular flexibility index (Phi) is 9.45. The molecule has 6 rings (SSSR count). The Morgan fingerprint density at radius 2 is 1.89 bits per heavy atom. The first-order chi connectivity index (χ1) is 21.1. The number of tetrazole rings is 1. The van der Waals surface area contributed by atoms with Gasteiger partial charge in [0.25, 0.3) is 0 Å². The van der Waals surface area contributed by atoms with Crippen LogP contribution in [0.15, 0.2) is 6.20 Å². The molecule has 18 nitrogen and oxygen atoms in total. The molecule has 20 heteroatoms. The van der Waals surface area contributed by atoms with Crippen molar-refractivity contribution in [2.75, 3.05) is 31.7 Å². The number of hydrogen-bond donors (Lipinski definition) is 6. The summed E-state index contributed by atoms with van der Waals surface area (Å²) in [7, 11) is -5.06. The molecule has 0 aromatic carbocycles. The summed E-state index contributed by atoms with van der Waals surface area (Å²) >= 11 is 6.23. The maximum atomic E-state index is 12.8. The van der Waals surface area contributed by atoms with E-state index in [-0.39, 0.29) is 29.4 Å². The number of halogens is 1. The number of rotatable bonds is 15. The minimum atomic E-state index is -5.06. The Labute approximate surface area is 255 Å². The van der Waals surface area contributed by atoms with Crippen LogP contribution in [0.4, 0.5) is 5.82 Å². The van der Waals surface area contributed by atoms with Gasteiger partial charge in [0.05, 0.1) is 31.4 Å². The second-order valence-electron chi connectivity index (χ2n) is 11.4. The first-order valence-corrected chi connectivity index (χ1v) is 16.4. The highest BCUT2D eigenvalue weighted by Crippen LogP contribution is 2.52. The van der Waals surface area contributed by atoms with Gasteiger partial charge in [-0.3, -0.25) is 4.57 Å². The van der Waals surface area contributed by atoms with Gasteiger partial charge in [-0.25, -0.2) is 4.68 Å². The number of aromatic nitrogens is 8. The molecule has 3 aromatic rings. The van der Waals surface area contributed by atoms with Crippen LogP contribution in [0.2, 0.25) is 5.28 Å². The van der Waals surface area contributed by atoms with Crippen LogP contribution in [0.25, 0.3) is 11.0 Å². The van der Waals surface area contributed by atoms with E-state index in [2.05, 4.69) is 41.0 Å². The Morgan fingerprint density at radius 3 is 2.59 bits per heavy atom. The standard InChI is InChI=1S/C24H35ClN9O9P/c25-23-28-20(27-14-3-1-2-4-14)15-7-26-34(21(15)29-23)22-19(36)18(35)16(43-22)9-42-24(44(37,38)39,11-40-8-13-5-6-13)12-41-10-17-30-32-33-31-17/h7,13-14,16,18-19,22,35-36H,1-6,8-12H2,(H,27,28,29)(H2,37,38,39)(H,30,31,32,33)/t16-,18-,19-,22-,24?/m1/s1. The Morgan fingerprint density at radius 1 is 1.11 bits per heavy atom. The number of H-pyrrole nitrogens is 1. The van der Waals surface area contributed by atoms with Crippen molar-refractivity contribution in [2.24, 2.45) is 5.92 Å². The molecule has 4 heterocycles. The molecule has 242 valence electrons. The summed E-state index contributed by atoms with van der Waals surface area (Å²) in [5, 5.41) is 41.1. The average molecular weight is 660 g/mol. The number of aliphatic hydroxyl groups is 2. The summed E-state index contributed by atoms with van der Waals surface area (Å²) in [6.07, 6.45) is 2.26. The van der Waals surface area contributed by atoms with Crippen molar-refractivity contribution in [3.8, 4) is 0 Å². The summed E-state index contributed by atoms with van der Waals surface area (Å²) in [4.78, 5) is 29.4. The molecule has 44 heavy (non-hydrogen) atoms. The van der Waals surface area contributed by atoms with Crippen LogP contribution in [0.5, 0.6) is 0 Å². The van der Waals surface area contributed by atoms with E-state index < -0.39 is 57.3 Å². The molecule has 1 aliphatic heterocycles. The SMILES string of the molecule is O=P(O)(O)C(COCc1nn[nH]n1)(COCC1CC1)OC[C@H]1O[C@@H](n2ncc3c(NC4CCCC4)nc(Cl)nc32)[C@H](O)[C@@H]1O. The lowest BCUT2D eigenvalue weighted by Crippen LogP contribution is -2.46. The molecule has 0 amide bonds. The fourth-order valence-corrected chi connectivity index (χ4v) is 6.28. The first kappa shape index (κ1) is 31.6. The van der Waals surface area contributed by atoms with Crippen molar-refractivity contribution in [1.82, 2.24) is 40.4 Å². The summed E-state index contributed by atoms with van der Waals surface area (Å²) < 4.78 is 37.1. The Balaban J connectivity index is 1.18. The van der Waals surface area contributed by atoms with Gasteiger partial charge in [-0.2, -0.15) is 20.3 Å². The van der Waals surface area contributed by atoms with Gasteiger partial charge in [-0.05, 0) is 43.2 Å². The molecular weight excluding hydrogens is 625 g/mol. The second-order valence-corrected chi connectivity index (χ2v) is 13.7. The van der Waals surface area contributed by atoms with E-state index in [0.717, 1.165) is 38.5 Å². The van der Waals surface area contributed by atoms with Crippen LogP contribution >= 0.6 is 19.2 Å². The van der Waals surface area contributed by atoms with Crippen molar-refractivity contribution in [3.63, 3.8) is 0 Å². The van der Waals surface area contributed by atoms with E-state index in [0.29, 0.717) is 23.7 Å². The average Bonchev–Trinajstić information content (AvgIpc) is 3.37. The molecule has 5 atom stereocenters. The number of ether oxygens (including phenoxy) is 4. The van der Waals surface area contributed by atoms with Crippen molar-refractivity contribution in [3.05, 3.63) is 17.3 Å². The summed E-state index contributed by atoms with van der Waals surface area (Å²) in [6, 6.07) is 0.239. The van der Waals surface area contributed by atoms with Gasteiger partial charge < -0.3 is 44.3 Å².